The lowest BCUT2D eigenvalue weighted by molar-refractivity contribution is 0.478. The highest BCUT2D eigenvalue weighted by Gasteiger charge is 2.35. The number of thiophene rings is 1. The Morgan fingerprint density at radius 3 is 2.45 bits per heavy atom. The van der Waals surface area contributed by atoms with Crippen LogP contribution in [0.5, 0.6) is 0 Å². The predicted octanol–water partition coefficient (Wildman–Crippen LogP) is 4.03. The van der Waals surface area contributed by atoms with Gasteiger partial charge in [-0.25, -0.2) is 23.4 Å². The molecule has 1 saturated carbocycles. The average Bonchev–Trinajstić information content (AvgIpc) is 3.08. The smallest absolute Gasteiger partial charge is 0.236 e. The molecule has 5 rings (SSSR count). The van der Waals surface area contributed by atoms with Gasteiger partial charge in [0.15, 0.2) is 0 Å². The molecule has 1 aliphatic carbocycles. The summed E-state index contributed by atoms with van der Waals surface area (Å²) in [4.78, 5) is 13.7. The van der Waals surface area contributed by atoms with Crippen molar-refractivity contribution >= 4 is 54.4 Å². The second-order valence-corrected chi connectivity index (χ2v) is 12.6. The van der Waals surface area contributed by atoms with E-state index in [9.17, 15) is 13.0 Å². The fraction of sp³-hybridized carbons (Fsp3) is 0.227. The number of nitrogens with zero attached hydrogens (tertiary/aromatic N) is 3. The minimum absolute atomic E-state index is 0.0100. The molecule has 0 amide bonds. The van der Waals surface area contributed by atoms with Crippen LogP contribution in [0.2, 0.25) is 0 Å². The number of fused-ring (bicyclic) bond motifs is 1. The van der Waals surface area contributed by atoms with Crippen molar-refractivity contribution in [3.63, 3.8) is 0 Å². The minimum atomic E-state index is -3.47. The highest BCUT2D eigenvalue weighted by atomic mass is 32.2. The molecule has 1 atom stereocenters. The second-order valence-electron chi connectivity index (χ2n) is 7.92. The zero-order valence-electron chi connectivity index (χ0n) is 17.7. The first-order valence-corrected chi connectivity index (χ1v) is 14.2. The van der Waals surface area contributed by atoms with E-state index in [0.29, 0.717) is 26.0 Å². The Morgan fingerprint density at radius 1 is 1.15 bits per heavy atom. The van der Waals surface area contributed by atoms with E-state index in [1.165, 1.54) is 23.7 Å². The van der Waals surface area contributed by atoms with Gasteiger partial charge in [0, 0.05) is 34.5 Å². The van der Waals surface area contributed by atoms with Crippen LogP contribution in [0, 0.1) is 0 Å². The lowest BCUT2D eigenvalue weighted by Gasteiger charge is -2.27. The van der Waals surface area contributed by atoms with Crippen molar-refractivity contribution in [1.82, 2.24) is 15.0 Å². The van der Waals surface area contributed by atoms with Crippen molar-refractivity contribution in [3.8, 4) is 22.4 Å². The van der Waals surface area contributed by atoms with Gasteiger partial charge in [-0.15, -0.1) is 0 Å². The van der Waals surface area contributed by atoms with Gasteiger partial charge in [0.2, 0.25) is 20.2 Å². The molecule has 1 aliphatic rings. The maximum Gasteiger partial charge on any atom is 0.236 e. The predicted molar refractivity (Wildman–Crippen MR) is 133 cm³/mol. The number of sulfonamides is 1. The number of benzene rings is 1. The van der Waals surface area contributed by atoms with Crippen LogP contribution in [0.4, 0.5) is 11.6 Å². The SMILES string of the molecule is CS(=O)(=O)Nc1ncc(-c2cc(-c3ccccc3)c3c(N)c([S+]([O-])C4CCC4)sc3n2)cn1. The van der Waals surface area contributed by atoms with Gasteiger partial charge in [0.25, 0.3) is 0 Å². The van der Waals surface area contributed by atoms with E-state index in [4.69, 9.17) is 10.7 Å². The summed E-state index contributed by atoms with van der Waals surface area (Å²) in [6.45, 7) is 0. The molecule has 11 heteroatoms. The number of anilines is 2. The van der Waals surface area contributed by atoms with Crippen LogP contribution in [-0.4, -0.2) is 39.4 Å². The molecule has 0 saturated heterocycles. The summed E-state index contributed by atoms with van der Waals surface area (Å²) in [6.07, 6.45) is 7.09. The molecule has 8 nitrogen and oxygen atoms in total. The molecule has 3 N–H and O–H groups in total. The Hall–Kier alpha value is -2.73. The molecule has 3 aromatic heterocycles. The summed E-state index contributed by atoms with van der Waals surface area (Å²) in [7, 11) is -3.47. The highest BCUT2D eigenvalue weighted by molar-refractivity contribution is 7.94. The summed E-state index contributed by atoms with van der Waals surface area (Å²) in [6, 6.07) is 11.7. The van der Waals surface area contributed by atoms with E-state index in [2.05, 4.69) is 14.7 Å². The van der Waals surface area contributed by atoms with E-state index >= 15 is 0 Å². The van der Waals surface area contributed by atoms with Crippen molar-refractivity contribution in [2.24, 2.45) is 0 Å². The zero-order chi connectivity index (χ0) is 23.2. The topological polar surface area (TPSA) is 134 Å². The van der Waals surface area contributed by atoms with Gasteiger partial charge in [-0.1, -0.05) is 41.7 Å². The summed E-state index contributed by atoms with van der Waals surface area (Å²) in [5.41, 5.74) is 10.2. The van der Waals surface area contributed by atoms with Crippen LogP contribution >= 0.6 is 11.3 Å². The molecule has 1 unspecified atom stereocenters. The molecule has 0 aliphatic heterocycles. The van der Waals surface area contributed by atoms with E-state index < -0.39 is 21.2 Å². The Kier molecular flexibility index (Phi) is 5.73. The van der Waals surface area contributed by atoms with E-state index in [-0.39, 0.29) is 11.2 Å². The van der Waals surface area contributed by atoms with Crippen molar-refractivity contribution in [3.05, 3.63) is 48.8 Å². The number of hydrogen-bond acceptors (Lipinski definition) is 8. The van der Waals surface area contributed by atoms with E-state index in [0.717, 1.165) is 42.0 Å². The van der Waals surface area contributed by atoms with Crippen LogP contribution in [0.1, 0.15) is 19.3 Å². The van der Waals surface area contributed by atoms with Gasteiger partial charge < -0.3 is 10.3 Å². The Bertz CT molecular complexity index is 1420. The number of aromatic nitrogens is 3. The molecule has 33 heavy (non-hydrogen) atoms. The summed E-state index contributed by atoms with van der Waals surface area (Å²) < 4.78 is 38.9. The van der Waals surface area contributed by atoms with E-state index in [1.807, 2.05) is 36.4 Å². The number of rotatable bonds is 6. The number of nitrogen functional groups attached to an aromatic ring is 1. The fourth-order valence-corrected chi connectivity index (χ4v) is 7.31. The van der Waals surface area contributed by atoms with Crippen LogP contribution in [0.25, 0.3) is 32.6 Å². The van der Waals surface area contributed by atoms with Crippen LogP contribution in [0.3, 0.4) is 0 Å². The lowest BCUT2D eigenvalue weighted by atomic mass is 10.00. The second kappa shape index (κ2) is 8.56. The first-order valence-electron chi connectivity index (χ1n) is 10.3. The maximum absolute atomic E-state index is 13.1. The van der Waals surface area contributed by atoms with E-state index in [1.54, 1.807) is 0 Å². The highest BCUT2D eigenvalue weighted by Crippen LogP contribution is 2.45. The van der Waals surface area contributed by atoms with Gasteiger partial charge >= 0.3 is 0 Å². The van der Waals surface area contributed by atoms with Crippen LogP contribution in [-0.2, 0) is 21.2 Å². The molecule has 1 fully saturated rings. The number of nitrogens with one attached hydrogen (secondary N) is 1. The van der Waals surface area contributed by atoms with Gasteiger partial charge in [0.1, 0.15) is 15.8 Å². The molecular weight excluding hydrogens is 478 g/mol. The summed E-state index contributed by atoms with van der Waals surface area (Å²) in [5, 5.41) is 0.956. The normalized spacial score (nSPS) is 15.3. The van der Waals surface area contributed by atoms with Crippen molar-refractivity contribution in [2.45, 2.75) is 28.7 Å². The first kappa shape index (κ1) is 22.1. The van der Waals surface area contributed by atoms with Gasteiger partial charge in [-0.2, -0.15) is 0 Å². The third-order valence-electron chi connectivity index (χ3n) is 5.51. The summed E-state index contributed by atoms with van der Waals surface area (Å²) >= 11 is 0.219. The number of pyridine rings is 1. The van der Waals surface area contributed by atoms with Crippen LogP contribution < -0.4 is 10.5 Å². The Balaban J connectivity index is 1.64. The van der Waals surface area contributed by atoms with Crippen molar-refractivity contribution in [2.75, 3.05) is 16.7 Å². The largest absolute Gasteiger partial charge is 0.611 e. The Morgan fingerprint density at radius 2 is 1.85 bits per heavy atom. The molecule has 0 spiro atoms. The average molecular weight is 500 g/mol. The Labute approximate surface area is 198 Å². The molecule has 3 heterocycles. The molecule has 1 aromatic carbocycles. The first-order chi connectivity index (χ1) is 15.8. The minimum Gasteiger partial charge on any atom is -0.611 e. The third kappa shape index (κ3) is 4.41. The molecule has 0 bridgehead atoms. The maximum atomic E-state index is 13.1. The van der Waals surface area contributed by atoms with Crippen molar-refractivity contribution < 1.29 is 13.0 Å². The monoisotopic (exact) mass is 499 g/mol. The number of nitrogens with two attached hydrogens (primary N) is 1. The summed E-state index contributed by atoms with van der Waals surface area (Å²) in [5.74, 6) is -0.0100. The lowest BCUT2D eigenvalue weighted by Crippen LogP contribution is -2.28. The molecule has 170 valence electrons. The van der Waals surface area contributed by atoms with Gasteiger partial charge in [-0.3, -0.25) is 4.72 Å². The fourth-order valence-electron chi connectivity index (χ4n) is 3.66. The van der Waals surface area contributed by atoms with Gasteiger partial charge in [0.05, 0.1) is 11.9 Å². The molecule has 0 radical (unpaired) electrons. The molecular formula is C22H21N5O3S3. The third-order valence-corrected chi connectivity index (χ3v) is 9.36. The quantitative estimate of drug-likeness (QED) is 0.382. The molecule has 4 aromatic rings. The number of hydrogen-bond donors (Lipinski definition) is 2. The van der Waals surface area contributed by atoms with Crippen molar-refractivity contribution in [1.29, 1.82) is 0 Å². The van der Waals surface area contributed by atoms with Gasteiger partial charge in [-0.05, 0) is 36.5 Å². The standard InChI is InChI=1S/C22H21N5O3S3/c1-33(29,30)27-22-24-11-14(12-25-22)17-10-16(13-6-3-2-4-7-13)18-19(23)21(31-20(18)26-17)32(28)15-8-5-9-15/h2-4,6-7,10-12,15H,5,8-9,23H2,1H3,(H,24,25,27). The zero-order valence-corrected chi connectivity index (χ0v) is 20.1. The van der Waals surface area contributed by atoms with Crippen LogP contribution in [0.15, 0.2) is 53.0 Å².